The van der Waals surface area contributed by atoms with Crippen molar-refractivity contribution >= 4 is 29.0 Å². The number of carbonyl (C=O) groups is 1. The third-order valence-corrected chi connectivity index (χ3v) is 4.72. The maximum atomic E-state index is 12.8. The molecule has 3 aromatic carbocycles. The maximum Gasteiger partial charge on any atom is 0.398 e. The fraction of sp³-hybridized carbons (Fsp3) is 0.0909. The number of hydrogen-bond donors (Lipinski definition) is 0. The van der Waals surface area contributed by atoms with E-state index in [1.54, 1.807) is 10.8 Å². The highest BCUT2D eigenvalue weighted by atomic mass is 35.5. The second kappa shape index (κ2) is 6.77. The van der Waals surface area contributed by atoms with Gasteiger partial charge in [-0.2, -0.15) is 4.84 Å². The SMILES string of the molecule is Cc1cc(Cl)ccc1[N+]1=C(c2ccccc2)C(c2ccccc2)C(=O)O1. The van der Waals surface area contributed by atoms with E-state index in [4.69, 9.17) is 16.4 Å². The molecule has 26 heavy (non-hydrogen) atoms. The van der Waals surface area contributed by atoms with Crippen LogP contribution in [0.4, 0.5) is 5.69 Å². The van der Waals surface area contributed by atoms with Crippen LogP contribution < -0.4 is 0 Å². The second-order valence-electron chi connectivity index (χ2n) is 6.23. The van der Waals surface area contributed by atoms with Gasteiger partial charge in [0.1, 0.15) is 0 Å². The molecular weight excluding hydrogens is 346 g/mol. The zero-order valence-electron chi connectivity index (χ0n) is 14.2. The van der Waals surface area contributed by atoms with Crippen LogP contribution in [0.2, 0.25) is 5.02 Å². The van der Waals surface area contributed by atoms with E-state index in [2.05, 4.69) is 0 Å². The lowest BCUT2D eigenvalue weighted by Crippen LogP contribution is -2.18. The van der Waals surface area contributed by atoms with E-state index < -0.39 is 5.92 Å². The minimum Gasteiger partial charge on any atom is -0.243 e. The average Bonchev–Trinajstić information content (AvgIpc) is 3.00. The molecule has 4 rings (SSSR count). The molecule has 1 unspecified atom stereocenters. The minimum absolute atomic E-state index is 0.288. The molecular formula is C22H17ClNO2+. The predicted molar refractivity (Wildman–Crippen MR) is 102 cm³/mol. The highest BCUT2D eigenvalue weighted by molar-refractivity contribution is 6.30. The standard InChI is InChI=1S/C22H17ClNO2/c1-15-14-18(23)12-13-19(15)24-21(17-10-6-3-7-11-17)20(22(25)26-24)16-8-4-2-5-9-16/h2-14,20H,1H3/q+1. The Balaban J connectivity index is 1.96. The van der Waals surface area contributed by atoms with Crippen molar-refractivity contribution in [2.45, 2.75) is 12.8 Å². The van der Waals surface area contributed by atoms with Gasteiger partial charge in [-0.15, -0.1) is 0 Å². The molecule has 1 aliphatic rings. The van der Waals surface area contributed by atoms with E-state index in [0.29, 0.717) is 5.02 Å². The Morgan fingerprint density at radius 2 is 1.58 bits per heavy atom. The van der Waals surface area contributed by atoms with Gasteiger partial charge in [0, 0.05) is 27.0 Å². The molecule has 128 valence electrons. The van der Waals surface area contributed by atoms with Gasteiger partial charge in [-0.25, -0.2) is 4.79 Å². The van der Waals surface area contributed by atoms with Gasteiger partial charge >= 0.3 is 5.97 Å². The third-order valence-electron chi connectivity index (χ3n) is 4.49. The van der Waals surface area contributed by atoms with Crippen molar-refractivity contribution in [2.24, 2.45) is 0 Å². The van der Waals surface area contributed by atoms with Crippen molar-refractivity contribution in [1.29, 1.82) is 0 Å². The molecule has 0 fully saturated rings. The van der Waals surface area contributed by atoms with Gasteiger partial charge in [0.25, 0.3) is 11.4 Å². The van der Waals surface area contributed by atoms with Gasteiger partial charge in [0.2, 0.25) is 0 Å². The van der Waals surface area contributed by atoms with Gasteiger partial charge in [-0.3, -0.25) is 0 Å². The summed E-state index contributed by atoms with van der Waals surface area (Å²) in [6.45, 7) is 1.95. The summed E-state index contributed by atoms with van der Waals surface area (Å²) in [4.78, 5) is 18.5. The van der Waals surface area contributed by atoms with Gasteiger partial charge in [0.15, 0.2) is 5.92 Å². The summed E-state index contributed by atoms with van der Waals surface area (Å²) < 4.78 is 1.64. The first-order valence-corrected chi connectivity index (χ1v) is 8.78. The Kier molecular flexibility index (Phi) is 4.31. The predicted octanol–water partition coefficient (Wildman–Crippen LogP) is 5.04. The molecule has 1 aliphatic heterocycles. The summed E-state index contributed by atoms with van der Waals surface area (Å²) >= 11 is 6.10. The first-order valence-electron chi connectivity index (χ1n) is 8.40. The van der Waals surface area contributed by atoms with E-state index in [-0.39, 0.29) is 5.97 Å². The molecule has 0 spiro atoms. The highest BCUT2D eigenvalue weighted by Gasteiger charge is 2.47. The summed E-state index contributed by atoms with van der Waals surface area (Å²) in [6, 6.07) is 25.1. The summed E-state index contributed by atoms with van der Waals surface area (Å²) in [5.74, 6) is -0.766. The van der Waals surface area contributed by atoms with Crippen LogP contribution in [0.1, 0.15) is 22.6 Å². The van der Waals surface area contributed by atoms with Crippen molar-refractivity contribution in [1.82, 2.24) is 0 Å². The topological polar surface area (TPSA) is 29.3 Å². The molecule has 0 N–H and O–H groups in total. The fourth-order valence-electron chi connectivity index (χ4n) is 3.28. The van der Waals surface area contributed by atoms with Crippen LogP contribution in [-0.4, -0.2) is 16.4 Å². The summed E-state index contributed by atoms with van der Waals surface area (Å²) in [6.07, 6.45) is 0. The lowest BCUT2D eigenvalue weighted by Gasteiger charge is -2.06. The molecule has 0 bridgehead atoms. The van der Waals surface area contributed by atoms with Crippen molar-refractivity contribution in [2.75, 3.05) is 0 Å². The molecule has 3 aromatic rings. The summed E-state index contributed by atoms with van der Waals surface area (Å²) in [5, 5.41) is 0.651. The first kappa shape index (κ1) is 16.6. The molecule has 4 heteroatoms. The summed E-state index contributed by atoms with van der Waals surface area (Å²) in [7, 11) is 0. The van der Waals surface area contributed by atoms with E-state index in [0.717, 1.165) is 28.1 Å². The van der Waals surface area contributed by atoms with Gasteiger partial charge in [-0.05, 0) is 36.8 Å². The fourth-order valence-corrected chi connectivity index (χ4v) is 3.51. The third kappa shape index (κ3) is 2.91. The van der Waals surface area contributed by atoms with Gasteiger partial charge < -0.3 is 0 Å². The van der Waals surface area contributed by atoms with Crippen LogP contribution in [0.25, 0.3) is 0 Å². The van der Waals surface area contributed by atoms with E-state index in [1.807, 2.05) is 79.7 Å². The van der Waals surface area contributed by atoms with Crippen LogP contribution in [0.3, 0.4) is 0 Å². The summed E-state index contributed by atoms with van der Waals surface area (Å²) in [5.41, 5.74) is 4.41. The van der Waals surface area contributed by atoms with Crippen molar-refractivity contribution in [3.8, 4) is 0 Å². The van der Waals surface area contributed by atoms with Gasteiger partial charge in [-0.1, -0.05) is 60.1 Å². The number of aryl methyl sites for hydroxylation is 1. The Morgan fingerprint density at radius 3 is 2.23 bits per heavy atom. The van der Waals surface area contributed by atoms with E-state index >= 15 is 0 Å². The Morgan fingerprint density at radius 1 is 0.923 bits per heavy atom. The number of carbonyl (C=O) groups excluding carboxylic acids is 1. The number of rotatable bonds is 3. The van der Waals surface area contributed by atoms with Crippen LogP contribution in [0, 0.1) is 6.92 Å². The average molecular weight is 363 g/mol. The molecule has 0 aromatic heterocycles. The molecule has 0 saturated heterocycles. The Hall–Kier alpha value is -2.91. The molecule has 0 amide bonds. The first-order chi connectivity index (χ1) is 12.6. The normalized spacial score (nSPS) is 16.7. The van der Waals surface area contributed by atoms with Crippen molar-refractivity contribution in [3.63, 3.8) is 0 Å². The largest absolute Gasteiger partial charge is 0.398 e. The van der Waals surface area contributed by atoms with E-state index in [9.17, 15) is 4.79 Å². The van der Waals surface area contributed by atoms with Crippen LogP contribution in [0.5, 0.6) is 0 Å². The highest BCUT2D eigenvalue weighted by Crippen LogP contribution is 2.33. The second-order valence-corrected chi connectivity index (χ2v) is 6.67. The molecule has 3 nitrogen and oxygen atoms in total. The van der Waals surface area contributed by atoms with Gasteiger partial charge in [0.05, 0.1) is 0 Å². The molecule has 0 saturated carbocycles. The maximum absolute atomic E-state index is 12.8. The molecule has 1 heterocycles. The molecule has 0 aliphatic carbocycles. The van der Waals surface area contributed by atoms with Crippen LogP contribution in [0.15, 0.2) is 78.9 Å². The smallest absolute Gasteiger partial charge is 0.243 e. The van der Waals surface area contributed by atoms with E-state index in [1.165, 1.54) is 0 Å². The minimum atomic E-state index is -0.478. The lowest BCUT2D eigenvalue weighted by atomic mass is 9.90. The zero-order valence-corrected chi connectivity index (χ0v) is 15.0. The quantitative estimate of drug-likeness (QED) is 0.482. The van der Waals surface area contributed by atoms with Crippen molar-refractivity contribution in [3.05, 3.63) is 101 Å². The number of halogens is 1. The molecule has 0 radical (unpaired) electrons. The molecule has 1 atom stereocenters. The number of hydrogen-bond acceptors (Lipinski definition) is 2. The van der Waals surface area contributed by atoms with Crippen LogP contribution in [-0.2, 0) is 9.63 Å². The lowest BCUT2D eigenvalue weighted by molar-refractivity contribution is -0.692. The number of nitrogens with zero attached hydrogens (tertiary/aromatic N) is 1. The number of benzene rings is 3. The zero-order chi connectivity index (χ0) is 18.1. The van der Waals surface area contributed by atoms with Crippen LogP contribution >= 0.6 is 11.6 Å². The monoisotopic (exact) mass is 362 g/mol. The Labute approximate surface area is 157 Å². The van der Waals surface area contributed by atoms with Crippen molar-refractivity contribution < 1.29 is 14.4 Å². The Bertz CT molecular complexity index is 997.